The van der Waals surface area contributed by atoms with Crippen molar-refractivity contribution in [1.82, 2.24) is 5.43 Å². The monoisotopic (exact) mass is 418 g/mol. The third-order valence-corrected chi connectivity index (χ3v) is 4.29. The number of carbonyl (C=O) groups is 1. The van der Waals surface area contributed by atoms with Crippen molar-refractivity contribution in [2.75, 3.05) is 13.7 Å². The maximum Gasteiger partial charge on any atom is 0.277 e. The number of methoxy groups -OCH3 is 1. The summed E-state index contributed by atoms with van der Waals surface area (Å²) in [6.07, 6.45) is 1.56. The Morgan fingerprint density at radius 1 is 1.19 bits per heavy atom. The van der Waals surface area contributed by atoms with Gasteiger partial charge in [-0.2, -0.15) is 5.10 Å². The molecular weight excluding hydrogens is 396 g/mol. The third kappa shape index (κ3) is 5.88. The molecule has 0 aliphatic rings. The zero-order valence-corrected chi connectivity index (χ0v) is 17.0. The summed E-state index contributed by atoms with van der Waals surface area (Å²) in [5.41, 5.74) is 4.57. The minimum absolute atomic E-state index is 0.0844. The zero-order chi connectivity index (χ0) is 19.2. The molecule has 0 radical (unpaired) electrons. The van der Waals surface area contributed by atoms with Crippen molar-refractivity contribution < 1.29 is 14.3 Å². The average Bonchev–Trinajstić information content (AvgIpc) is 2.60. The molecule has 0 atom stereocenters. The van der Waals surface area contributed by atoms with Crippen LogP contribution in [0.3, 0.4) is 0 Å². The highest BCUT2D eigenvalue weighted by atomic mass is 79.9. The van der Waals surface area contributed by atoms with Gasteiger partial charge in [-0.1, -0.05) is 32.9 Å². The van der Waals surface area contributed by atoms with E-state index >= 15 is 0 Å². The van der Waals surface area contributed by atoms with Gasteiger partial charge in [-0.15, -0.1) is 0 Å². The van der Waals surface area contributed by atoms with Crippen LogP contribution in [0.4, 0.5) is 0 Å². The molecule has 0 heterocycles. The summed E-state index contributed by atoms with van der Waals surface area (Å²) in [6.45, 7) is 6.35. The first-order chi connectivity index (χ1) is 12.3. The van der Waals surface area contributed by atoms with E-state index in [0.717, 1.165) is 15.8 Å². The van der Waals surface area contributed by atoms with Gasteiger partial charge in [0.2, 0.25) is 0 Å². The normalized spacial score (nSPS) is 11.4. The van der Waals surface area contributed by atoms with Gasteiger partial charge in [0.15, 0.2) is 6.61 Å². The lowest BCUT2D eigenvalue weighted by Gasteiger charge is -2.19. The molecule has 0 unspecified atom stereocenters. The highest BCUT2D eigenvalue weighted by molar-refractivity contribution is 9.10. The van der Waals surface area contributed by atoms with Gasteiger partial charge in [0, 0.05) is 0 Å². The van der Waals surface area contributed by atoms with E-state index in [-0.39, 0.29) is 17.9 Å². The van der Waals surface area contributed by atoms with Gasteiger partial charge in [-0.3, -0.25) is 4.79 Å². The van der Waals surface area contributed by atoms with Gasteiger partial charge < -0.3 is 9.47 Å². The summed E-state index contributed by atoms with van der Waals surface area (Å²) in [5, 5.41) is 3.93. The topological polar surface area (TPSA) is 59.9 Å². The minimum Gasteiger partial charge on any atom is -0.496 e. The summed E-state index contributed by atoms with van der Waals surface area (Å²) >= 11 is 3.40. The van der Waals surface area contributed by atoms with Crippen molar-refractivity contribution in [3.63, 3.8) is 0 Å². The van der Waals surface area contributed by atoms with Crippen LogP contribution in [0.25, 0.3) is 0 Å². The molecule has 1 amide bonds. The molecule has 0 fully saturated rings. The van der Waals surface area contributed by atoms with E-state index < -0.39 is 0 Å². The molecule has 0 aliphatic carbocycles. The highest BCUT2D eigenvalue weighted by Gasteiger charge is 2.13. The molecule has 2 aromatic rings. The molecule has 2 aromatic carbocycles. The molecule has 1 N–H and O–H groups in total. The Labute approximate surface area is 162 Å². The predicted octanol–water partition coefficient (Wildman–Crippen LogP) is 4.28. The second kappa shape index (κ2) is 8.85. The largest absolute Gasteiger partial charge is 0.496 e. The fourth-order valence-electron chi connectivity index (χ4n) is 2.17. The fourth-order valence-corrected chi connectivity index (χ4v) is 2.73. The van der Waals surface area contributed by atoms with Crippen LogP contribution in [0.2, 0.25) is 0 Å². The SMILES string of the molecule is COc1ccc(/C=N\NC(=O)COc2ccc(C(C)(C)C)cc2)cc1Br. The van der Waals surface area contributed by atoms with Crippen LogP contribution in [0.1, 0.15) is 31.9 Å². The van der Waals surface area contributed by atoms with Gasteiger partial charge in [-0.05, 0) is 62.8 Å². The van der Waals surface area contributed by atoms with Crippen molar-refractivity contribution in [2.45, 2.75) is 26.2 Å². The maximum absolute atomic E-state index is 11.8. The number of rotatable bonds is 6. The Bertz CT molecular complexity index is 781. The van der Waals surface area contributed by atoms with Crippen molar-refractivity contribution in [1.29, 1.82) is 0 Å². The minimum atomic E-state index is -0.325. The van der Waals surface area contributed by atoms with Crippen LogP contribution < -0.4 is 14.9 Å². The van der Waals surface area contributed by atoms with E-state index in [4.69, 9.17) is 9.47 Å². The number of hydrazone groups is 1. The first kappa shape index (κ1) is 20.0. The summed E-state index contributed by atoms with van der Waals surface area (Å²) in [6, 6.07) is 13.3. The molecule has 138 valence electrons. The van der Waals surface area contributed by atoms with E-state index in [1.807, 2.05) is 42.5 Å². The highest BCUT2D eigenvalue weighted by Crippen LogP contribution is 2.25. The van der Waals surface area contributed by atoms with E-state index in [1.54, 1.807) is 13.3 Å². The standard InChI is InChI=1S/C20H23BrN2O3/c1-20(2,3)15-6-8-16(9-7-15)26-13-19(24)23-22-12-14-5-10-18(25-4)17(21)11-14/h5-12H,13H2,1-4H3,(H,23,24)/b22-12-. The number of ether oxygens (including phenoxy) is 2. The molecule has 6 heteroatoms. The molecule has 0 bridgehead atoms. The first-order valence-corrected chi connectivity index (χ1v) is 8.97. The molecule has 0 saturated heterocycles. The molecule has 2 rings (SSSR count). The number of carbonyl (C=O) groups excluding carboxylic acids is 1. The molecule has 0 saturated carbocycles. The van der Waals surface area contributed by atoms with Crippen molar-refractivity contribution in [3.8, 4) is 11.5 Å². The molecule has 0 aliphatic heterocycles. The van der Waals surface area contributed by atoms with Gasteiger partial charge in [0.05, 0.1) is 17.8 Å². The van der Waals surface area contributed by atoms with Gasteiger partial charge in [0.25, 0.3) is 5.91 Å². The lowest BCUT2D eigenvalue weighted by Crippen LogP contribution is -2.24. The van der Waals surface area contributed by atoms with E-state index in [0.29, 0.717) is 5.75 Å². The Balaban J connectivity index is 1.82. The number of nitrogens with one attached hydrogen (secondary N) is 1. The van der Waals surface area contributed by atoms with E-state index in [9.17, 15) is 4.79 Å². The Hall–Kier alpha value is -2.34. The van der Waals surface area contributed by atoms with Crippen molar-refractivity contribution in [3.05, 3.63) is 58.1 Å². The second-order valence-corrected chi connectivity index (χ2v) is 7.60. The van der Waals surface area contributed by atoms with Crippen LogP contribution in [0.15, 0.2) is 52.0 Å². The molecule has 5 nitrogen and oxygen atoms in total. The Kier molecular flexibility index (Phi) is 6.80. The van der Waals surface area contributed by atoms with Crippen LogP contribution in [-0.2, 0) is 10.2 Å². The number of amides is 1. The number of halogens is 1. The lowest BCUT2D eigenvalue weighted by atomic mass is 9.87. The Morgan fingerprint density at radius 3 is 2.46 bits per heavy atom. The third-order valence-electron chi connectivity index (χ3n) is 3.67. The predicted molar refractivity (Wildman–Crippen MR) is 107 cm³/mol. The van der Waals surface area contributed by atoms with Crippen molar-refractivity contribution in [2.24, 2.45) is 5.10 Å². The Morgan fingerprint density at radius 2 is 1.88 bits per heavy atom. The molecule has 0 spiro atoms. The maximum atomic E-state index is 11.8. The summed E-state index contributed by atoms with van der Waals surface area (Å²) in [5.74, 6) is 1.06. The quantitative estimate of drug-likeness (QED) is 0.562. The van der Waals surface area contributed by atoms with Crippen LogP contribution in [-0.4, -0.2) is 25.8 Å². The van der Waals surface area contributed by atoms with Crippen molar-refractivity contribution >= 4 is 28.1 Å². The smallest absolute Gasteiger partial charge is 0.277 e. The summed E-state index contributed by atoms with van der Waals surface area (Å²) in [7, 11) is 1.60. The summed E-state index contributed by atoms with van der Waals surface area (Å²) < 4.78 is 11.5. The van der Waals surface area contributed by atoms with Crippen LogP contribution in [0.5, 0.6) is 11.5 Å². The molecular formula is C20H23BrN2O3. The summed E-state index contributed by atoms with van der Waals surface area (Å²) in [4.78, 5) is 11.8. The van der Waals surface area contributed by atoms with E-state index in [1.165, 1.54) is 5.56 Å². The first-order valence-electron chi connectivity index (χ1n) is 8.18. The molecule has 0 aromatic heterocycles. The number of hydrogen-bond donors (Lipinski definition) is 1. The number of hydrogen-bond acceptors (Lipinski definition) is 4. The average molecular weight is 419 g/mol. The van der Waals surface area contributed by atoms with E-state index in [2.05, 4.69) is 47.2 Å². The van der Waals surface area contributed by atoms with Gasteiger partial charge in [-0.25, -0.2) is 5.43 Å². The molecule has 26 heavy (non-hydrogen) atoms. The number of nitrogens with zero attached hydrogens (tertiary/aromatic N) is 1. The van der Waals surface area contributed by atoms with Gasteiger partial charge in [0.1, 0.15) is 11.5 Å². The van der Waals surface area contributed by atoms with Crippen LogP contribution >= 0.6 is 15.9 Å². The van der Waals surface area contributed by atoms with Crippen LogP contribution in [0, 0.1) is 0 Å². The second-order valence-electron chi connectivity index (χ2n) is 6.75. The fraction of sp³-hybridized carbons (Fsp3) is 0.300. The zero-order valence-electron chi connectivity index (χ0n) is 15.4. The lowest BCUT2D eigenvalue weighted by molar-refractivity contribution is -0.123. The number of benzene rings is 2. The van der Waals surface area contributed by atoms with Gasteiger partial charge >= 0.3 is 0 Å².